The number of nitrogens with zero attached hydrogens (tertiary/aromatic N) is 5. The van der Waals surface area contributed by atoms with Crippen molar-refractivity contribution in [3.05, 3.63) is 36.2 Å². The summed E-state index contributed by atoms with van der Waals surface area (Å²) in [6, 6.07) is 2.59. The summed E-state index contributed by atoms with van der Waals surface area (Å²) in [4.78, 5) is 6.87. The van der Waals surface area contributed by atoms with Crippen LogP contribution in [0.25, 0.3) is 0 Å². The molecule has 1 aliphatic heterocycles. The number of aliphatic hydroxyl groups is 1. The molecule has 1 atom stereocenters. The molecule has 6 nitrogen and oxygen atoms in total. The van der Waals surface area contributed by atoms with Crippen LogP contribution in [0.5, 0.6) is 0 Å². The van der Waals surface area contributed by atoms with E-state index >= 15 is 0 Å². The number of hydrogen-bond donors (Lipinski definition) is 1. The number of hydrogen-bond acceptors (Lipinski definition) is 4. The van der Waals surface area contributed by atoms with Crippen molar-refractivity contribution in [2.24, 2.45) is 0 Å². The summed E-state index contributed by atoms with van der Waals surface area (Å²) in [5.41, 5.74) is 2.61. The molecule has 2 aromatic heterocycles. The highest BCUT2D eigenvalue weighted by Gasteiger charge is 2.29. The third-order valence-corrected chi connectivity index (χ3v) is 4.39. The number of β-amino-alcohol motifs (C(OH)–C–C–N with tert-alkyl or cyclic N) is 1. The lowest BCUT2D eigenvalue weighted by Gasteiger charge is -2.28. The van der Waals surface area contributed by atoms with Crippen LogP contribution in [0, 0.1) is 0 Å². The fourth-order valence-corrected chi connectivity index (χ4v) is 3.19. The van der Waals surface area contributed by atoms with Gasteiger partial charge in [0.2, 0.25) is 0 Å². The number of aromatic nitrogens is 4. The first-order valence-electron chi connectivity index (χ1n) is 7.72. The fourth-order valence-electron chi connectivity index (χ4n) is 3.19. The molecule has 1 aliphatic carbocycles. The van der Waals surface area contributed by atoms with E-state index in [1.807, 2.05) is 18.6 Å². The predicted molar refractivity (Wildman–Crippen MR) is 77.7 cm³/mol. The molecule has 4 rings (SSSR count). The molecule has 1 fully saturated rings. The molecule has 2 aliphatic rings. The van der Waals surface area contributed by atoms with Gasteiger partial charge in [-0.2, -0.15) is 5.10 Å². The second-order valence-electron chi connectivity index (χ2n) is 6.14. The summed E-state index contributed by atoms with van der Waals surface area (Å²) in [5.74, 6) is 0. The van der Waals surface area contributed by atoms with Gasteiger partial charge >= 0.3 is 0 Å². The summed E-state index contributed by atoms with van der Waals surface area (Å²) in [6.07, 6.45) is 8.88. The van der Waals surface area contributed by atoms with Crippen molar-refractivity contribution >= 4 is 0 Å². The second-order valence-corrected chi connectivity index (χ2v) is 6.14. The van der Waals surface area contributed by atoms with Gasteiger partial charge in [0.25, 0.3) is 0 Å². The van der Waals surface area contributed by atoms with Gasteiger partial charge in [-0.15, -0.1) is 0 Å². The monoisotopic (exact) mass is 287 g/mol. The van der Waals surface area contributed by atoms with Crippen molar-refractivity contribution in [2.45, 2.75) is 44.5 Å². The number of imidazole rings is 1. The zero-order valence-electron chi connectivity index (χ0n) is 12.1. The Hall–Kier alpha value is -1.66. The van der Waals surface area contributed by atoms with E-state index in [1.165, 1.54) is 24.2 Å². The zero-order chi connectivity index (χ0) is 14.2. The molecule has 0 radical (unpaired) electrons. The van der Waals surface area contributed by atoms with Crippen LogP contribution < -0.4 is 0 Å². The van der Waals surface area contributed by atoms with Gasteiger partial charge in [0, 0.05) is 50.2 Å². The van der Waals surface area contributed by atoms with Gasteiger partial charge in [-0.3, -0.25) is 9.58 Å². The maximum Gasteiger partial charge on any atom is 0.0954 e. The second kappa shape index (κ2) is 5.27. The van der Waals surface area contributed by atoms with Crippen molar-refractivity contribution in [2.75, 3.05) is 13.1 Å². The Morgan fingerprint density at radius 3 is 3.00 bits per heavy atom. The van der Waals surface area contributed by atoms with Crippen molar-refractivity contribution in [1.82, 2.24) is 24.2 Å². The lowest BCUT2D eigenvalue weighted by Crippen LogP contribution is -2.38. The molecule has 2 aromatic rings. The highest BCUT2D eigenvalue weighted by Crippen LogP contribution is 2.37. The maximum atomic E-state index is 10.2. The molecule has 112 valence electrons. The van der Waals surface area contributed by atoms with Crippen molar-refractivity contribution in [1.29, 1.82) is 0 Å². The summed E-state index contributed by atoms with van der Waals surface area (Å²) in [6.45, 7) is 3.08. The Morgan fingerprint density at radius 1 is 1.33 bits per heavy atom. The first-order valence-corrected chi connectivity index (χ1v) is 7.72. The summed E-state index contributed by atoms with van der Waals surface area (Å²) >= 11 is 0. The lowest BCUT2D eigenvalue weighted by atomic mass is 10.1. The van der Waals surface area contributed by atoms with E-state index in [4.69, 9.17) is 0 Å². The zero-order valence-corrected chi connectivity index (χ0v) is 12.1. The third kappa shape index (κ3) is 2.73. The van der Waals surface area contributed by atoms with Crippen LogP contribution in [0.4, 0.5) is 0 Å². The highest BCUT2D eigenvalue weighted by atomic mass is 16.3. The molecule has 3 heterocycles. The van der Waals surface area contributed by atoms with Crippen LogP contribution in [0.1, 0.15) is 30.3 Å². The standard InChI is InChI=1S/C15H21N5O/c21-13(9-19-6-1-5-17-19)8-18-7-4-15-14(10-18)16-11-20(15)12-2-3-12/h1,5-6,11-13,21H,2-4,7-10H2/t13-/m1/s1. The van der Waals surface area contributed by atoms with Gasteiger partial charge in [0.1, 0.15) is 0 Å². The van der Waals surface area contributed by atoms with Gasteiger partial charge in [-0.1, -0.05) is 0 Å². The van der Waals surface area contributed by atoms with Crippen LogP contribution in [0.3, 0.4) is 0 Å². The van der Waals surface area contributed by atoms with Gasteiger partial charge in [0.05, 0.1) is 24.7 Å². The van der Waals surface area contributed by atoms with Gasteiger partial charge in [0.15, 0.2) is 0 Å². The topological polar surface area (TPSA) is 59.1 Å². The molecule has 1 saturated carbocycles. The van der Waals surface area contributed by atoms with Gasteiger partial charge in [-0.25, -0.2) is 4.98 Å². The fraction of sp³-hybridized carbons (Fsp3) is 0.600. The Labute approximate surface area is 124 Å². The van der Waals surface area contributed by atoms with E-state index in [1.54, 1.807) is 10.9 Å². The minimum absolute atomic E-state index is 0.392. The van der Waals surface area contributed by atoms with Gasteiger partial charge < -0.3 is 9.67 Å². The van der Waals surface area contributed by atoms with E-state index in [0.29, 0.717) is 19.1 Å². The molecule has 6 heteroatoms. The maximum absolute atomic E-state index is 10.2. The quantitative estimate of drug-likeness (QED) is 0.885. The van der Waals surface area contributed by atoms with E-state index < -0.39 is 6.10 Å². The third-order valence-electron chi connectivity index (χ3n) is 4.39. The summed E-state index contributed by atoms with van der Waals surface area (Å²) in [5, 5.41) is 14.3. The summed E-state index contributed by atoms with van der Waals surface area (Å²) < 4.78 is 4.15. The van der Waals surface area contributed by atoms with E-state index in [0.717, 1.165) is 19.5 Å². The molecule has 0 unspecified atom stereocenters. The average Bonchev–Trinajstić information content (AvgIpc) is 3.02. The number of aliphatic hydroxyl groups excluding tert-OH is 1. The van der Waals surface area contributed by atoms with Crippen LogP contribution in [-0.4, -0.2) is 48.5 Å². The first-order chi connectivity index (χ1) is 10.3. The largest absolute Gasteiger partial charge is 0.390 e. The highest BCUT2D eigenvalue weighted by molar-refractivity contribution is 5.18. The van der Waals surface area contributed by atoms with Crippen molar-refractivity contribution in [3.8, 4) is 0 Å². The number of fused-ring (bicyclic) bond motifs is 1. The van der Waals surface area contributed by atoms with E-state index in [2.05, 4.69) is 19.5 Å². The molecule has 0 saturated heterocycles. The van der Waals surface area contributed by atoms with Crippen LogP contribution in [-0.2, 0) is 19.5 Å². The lowest BCUT2D eigenvalue weighted by molar-refractivity contribution is 0.0878. The smallest absolute Gasteiger partial charge is 0.0954 e. The van der Waals surface area contributed by atoms with Crippen LogP contribution in [0.2, 0.25) is 0 Å². The molecular weight excluding hydrogens is 266 g/mol. The molecule has 21 heavy (non-hydrogen) atoms. The SMILES string of the molecule is O[C@H](CN1CCc2c(ncn2C2CC2)C1)Cn1cccn1. The minimum Gasteiger partial charge on any atom is -0.390 e. The van der Waals surface area contributed by atoms with Gasteiger partial charge in [-0.05, 0) is 18.9 Å². The Balaban J connectivity index is 1.37. The predicted octanol–water partition coefficient (Wildman–Crippen LogP) is 0.834. The Bertz CT molecular complexity index is 602. The normalized spacial score (nSPS) is 20.4. The Kier molecular flexibility index (Phi) is 3.27. The first kappa shape index (κ1) is 13.0. The molecule has 0 amide bonds. The summed E-state index contributed by atoms with van der Waals surface area (Å²) in [7, 11) is 0. The van der Waals surface area contributed by atoms with Crippen LogP contribution in [0.15, 0.2) is 24.8 Å². The number of rotatable bonds is 5. The van der Waals surface area contributed by atoms with Crippen molar-refractivity contribution < 1.29 is 5.11 Å². The van der Waals surface area contributed by atoms with Crippen molar-refractivity contribution in [3.63, 3.8) is 0 Å². The Morgan fingerprint density at radius 2 is 2.24 bits per heavy atom. The minimum atomic E-state index is -0.392. The molecule has 0 spiro atoms. The molecule has 1 N–H and O–H groups in total. The molecule has 0 bridgehead atoms. The average molecular weight is 287 g/mol. The van der Waals surface area contributed by atoms with E-state index in [-0.39, 0.29) is 0 Å². The van der Waals surface area contributed by atoms with E-state index in [9.17, 15) is 5.11 Å². The molecular formula is C15H21N5O. The molecule has 0 aromatic carbocycles. The van der Waals surface area contributed by atoms with Crippen LogP contribution >= 0.6 is 0 Å².